The average Bonchev–Trinajstić information content (AvgIpc) is 3.07. The highest BCUT2D eigenvalue weighted by molar-refractivity contribution is 7.18. The summed E-state index contributed by atoms with van der Waals surface area (Å²) >= 11 is 1.54. The molecule has 0 saturated carbocycles. The highest BCUT2D eigenvalue weighted by atomic mass is 32.1. The van der Waals surface area contributed by atoms with Gasteiger partial charge in [0.2, 0.25) is 5.91 Å². The van der Waals surface area contributed by atoms with Gasteiger partial charge in [0.1, 0.15) is 4.83 Å². The van der Waals surface area contributed by atoms with Crippen LogP contribution in [0.4, 0.5) is 5.82 Å². The Kier molecular flexibility index (Phi) is 5.80. The molecular weight excluding hydrogens is 400 g/mol. The molecule has 1 fully saturated rings. The Bertz CT molecular complexity index is 1100. The van der Waals surface area contributed by atoms with E-state index < -0.39 is 0 Å². The van der Waals surface area contributed by atoms with E-state index in [1.54, 1.807) is 17.1 Å². The first-order valence-corrected chi connectivity index (χ1v) is 11.0. The number of aryl methyl sites for hydroxylation is 3. The van der Waals surface area contributed by atoms with Crippen LogP contribution in [0.15, 0.2) is 29.5 Å². The van der Waals surface area contributed by atoms with E-state index >= 15 is 0 Å². The highest BCUT2D eigenvalue weighted by Gasteiger charge is 2.26. The van der Waals surface area contributed by atoms with Gasteiger partial charge in [0, 0.05) is 50.2 Å². The molecule has 8 nitrogen and oxygen atoms in total. The molecule has 1 amide bonds. The van der Waals surface area contributed by atoms with Crippen molar-refractivity contribution in [1.29, 1.82) is 0 Å². The zero-order valence-corrected chi connectivity index (χ0v) is 18.4. The Hall–Kier alpha value is -2.81. The van der Waals surface area contributed by atoms with Gasteiger partial charge in [-0.3, -0.25) is 14.2 Å². The van der Waals surface area contributed by atoms with E-state index in [4.69, 9.17) is 0 Å². The van der Waals surface area contributed by atoms with Crippen LogP contribution in [0.5, 0.6) is 0 Å². The van der Waals surface area contributed by atoms with E-state index in [1.807, 2.05) is 37.9 Å². The van der Waals surface area contributed by atoms with E-state index in [0.717, 1.165) is 33.9 Å². The van der Waals surface area contributed by atoms with Crippen LogP contribution in [-0.4, -0.2) is 56.7 Å². The van der Waals surface area contributed by atoms with Gasteiger partial charge in [-0.25, -0.2) is 4.98 Å². The lowest BCUT2D eigenvalue weighted by Crippen LogP contribution is -2.46. The van der Waals surface area contributed by atoms with Gasteiger partial charge in [0.15, 0.2) is 5.82 Å². The summed E-state index contributed by atoms with van der Waals surface area (Å²) in [6.45, 7) is 5.73. The van der Waals surface area contributed by atoms with Crippen molar-refractivity contribution in [3.05, 3.63) is 45.5 Å². The van der Waals surface area contributed by atoms with Crippen LogP contribution < -0.4 is 10.5 Å². The molecule has 0 spiro atoms. The molecule has 3 aromatic heterocycles. The average molecular weight is 427 g/mol. The number of carbonyl (C=O) groups is 1. The van der Waals surface area contributed by atoms with Crippen molar-refractivity contribution in [3.63, 3.8) is 0 Å². The molecular formula is C21H26N6O2S. The maximum absolute atomic E-state index is 12.8. The van der Waals surface area contributed by atoms with Gasteiger partial charge < -0.3 is 9.80 Å². The molecule has 30 heavy (non-hydrogen) atoms. The van der Waals surface area contributed by atoms with Crippen molar-refractivity contribution in [3.8, 4) is 0 Å². The van der Waals surface area contributed by atoms with Crippen molar-refractivity contribution in [2.45, 2.75) is 45.7 Å². The van der Waals surface area contributed by atoms with E-state index in [9.17, 15) is 9.59 Å². The number of rotatable bonds is 5. The van der Waals surface area contributed by atoms with Crippen LogP contribution >= 0.6 is 11.3 Å². The smallest absolute Gasteiger partial charge is 0.262 e. The fraction of sp³-hybridized carbons (Fsp3) is 0.476. The summed E-state index contributed by atoms with van der Waals surface area (Å²) in [5.41, 5.74) is 0.932. The predicted molar refractivity (Wildman–Crippen MR) is 118 cm³/mol. The third-order valence-corrected chi connectivity index (χ3v) is 7.12. The van der Waals surface area contributed by atoms with Crippen LogP contribution in [0.3, 0.4) is 0 Å². The highest BCUT2D eigenvalue weighted by Crippen LogP contribution is 2.25. The number of fused-ring (bicyclic) bond motifs is 1. The number of carbonyl (C=O) groups excluding carboxylic acids is 1. The Morgan fingerprint density at radius 3 is 2.77 bits per heavy atom. The Morgan fingerprint density at radius 2 is 2.07 bits per heavy atom. The Balaban J connectivity index is 1.34. The molecule has 0 bridgehead atoms. The zero-order valence-electron chi connectivity index (χ0n) is 17.5. The molecule has 0 atom stereocenters. The summed E-state index contributed by atoms with van der Waals surface area (Å²) in [4.78, 5) is 35.8. The van der Waals surface area contributed by atoms with Crippen LogP contribution in [0.25, 0.3) is 10.2 Å². The van der Waals surface area contributed by atoms with Crippen molar-refractivity contribution < 1.29 is 4.79 Å². The molecule has 3 aromatic rings. The second-order valence-corrected chi connectivity index (χ2v) is 8.96. The minimum atomic E-state index is -0.0565. The van der Waals surface area contributed by atoms with Gasteiger partial charge in [-0.05, 0) is 44.4 Å². The Labute approximate surface area is 179 Å². The molecule has 0 unspecified atom stereocenters. The first-order chi connectivity index (χ1) is 14.5. The largest absolute Gasteiger partial charge is 0.355 e. The van der Waals surface area contributed by atoms with Crippen LogP contribution in [0.2, 0.25) is 0 Å². The summed E-state index contributed by atoms with van der Waals surface area (Å²) in [6.07, 6.45) is 5.31. The summed E-state index contributed by atoms with van der Waals surface area (Å²) in [5, 5.41) is 8.79. The minimum absolute atomic E-state index is 0.0565. The van der Waals surface area contributed by atoms with Gasteiger partial charge in [-0.1, -0.05) is 0 Å². The quantitative estimate of drug-likeness (QED) is 0.623. The van der Waals surface area contributed by atoms with Crippen molar-refractivity contribution in [1.82, 2.24) is 24.6 Å². The van der Waals surface area contributed by atoms with Crippen LogP contribution in [0.1, 0.15) is 29.7 Å². The van der Waals surface area contributed by atoms with Crippen molar-refractivity contribution in [2.24, 2.45) is 0 Å². The summed E-state index contributed by atoms with van der Waals surface area (Å²) < 4.78 is 1.56. The summed E-state index contributed by atoms with van der Waals surface area (Å²) in [6, 6.07) is 4.17. The molecule has 1 aliphatic heterocycles. The molecule has 0 radical (unpaired) electrons. The fourth-order valence-electron chi connectivity index (χ4n) is 3.97. The first kappa shape index (κ1) is 20.5. The number of anilines is 1. The summed E-state index contributed by atoms with van der Waals surface area (Å²) in [7, 11) is 2.02. The third kappa shape index (κ3) is 3.94. The number of nitrogens with zero attached hydrogens (tertiary/aromatic N) is 6. The number of thiophene rings is 1. The van der Waals surface area contributed by atoms with Crippen molar-refractivity contribution in [2.75, 3.05) is 25.0 Å². The molecule has 1 aliphatic rings. The standard InChI is InChI=1S/C21H26N6O2S/c1-14-15(2)30-20-19(14)21(29)27(13-22-20)12-8-18(28)26-10-6-16(7-11-26)25(3)17-5-4-9-23-24-17/h4-5,9,13,16H,6-8,10-12H2,1-3H3. The molecule has 0 N–H and O–H groups in total. The van der Waals surface area contributed by atoms with Crippen LogP contribution in [-0.2, 0) is 11.3 Å². The molecule has 1 saturated heterocycles. The predicted octanol–water partition coefficient (Wildman–Crippen LogP) is 2.38. The summed E-state index contributed by atoms with van der Waals surface area (Å²) in [5.74, 6) is 0.935. The molecule has 158 valence electrons. The zero-order chi connectivity index (χ0) is 21.3. The molecule has 9 heteroatoms. The van der Waals surface area contributed by atoms with E-state index in [0.29, 0.717) is 37.5 Å². The first-order valence-electron chi connectivity index (χ1n) is 10.2. The normalized spacial score (nSPS) is 15.0. The number of hydrogen-bond donors (Lipinski definition) is 0. The number of likely N-dealkylation sites (tertiary alicyclic amines) is 1. The SMILES string of the molecule is Cc1sc2ncn(CCC(=O)N3CCC(N(C)c4cccnn4)CC3)c(=O)c2c1C. The van der Waals surface area contributed by atoms with Crippen LogP contribution in [0, 0.1) is 13.8 Å². The molecule has 0 aromatic carbocycles. The van der Waals surface area contributed by atoms with E-state index in [-0.39, 0.29) is 11.5 Å². The number of hydrogen-bond acceptors (Lipinski definition) is 7. The second-order valence-electron chi connectivity index (χ2n) is 7.76. The van der Waals surface area contributed by atoms with E-state index in [2.05, 4.69) is 20.1 Å². The number of aromatic nitrogens is 4. The molecule has 0 aliphatic carbocycles. The third-order valence-electron chi connectivity index (χ3n) is 6.01. The fourth-order valence-corrected chi connectivity index (χ4v) is 4.96. The monoisotopic (exact) mass is 426 g/mol. The Morgan fingerprint density at radius 1 is 1.30 bits per heavy atom. The van der Waals surface area contributed by atoms with Gasteiger partial charge in [0.25, 0.3) is 5.56 Å². The topological polar surface area (TPSA) is 84.2 Å². The number of piperidine rings is 1. The molecule has 4 rings (SSSR count). The van der Waals surface area contributed by atoms with Gasteiger partial charge in [-0.2, -0.15) is 5.10 Å². The lowest BCUT2D eigenvalue weighted by atomic mass is 10.0. The molecule has 4 heterocycles. The maximum Gasteiger partial charge on any atom is 0.262 e. The second kappa shape index (κ2) is 8.51. The maximum atomic E-state index is 12.8. The lowest BCUT2D eigenvalue weighted by Gasteiger charge is -2.37. The van der Waals surface area contributed by atoms with E-state index in [1.165, 1.54) is 11.3 Å². The van der Waals surface area contributed by atoms with Gasteiger partial charge >= 0.3 is 0 Å². The number of amides is 1. The minimum Gasteiger partial charge on any atom is -0.355 e. The van der Waals surface area contributed by atoms with Gasteiger partial charge in [0.05, 0.1) is 11.7 Å². The van der Waals surface area contributed by atoms with Gasteiger partial charge in [-0.15, -0.1) is 16.4 Å². The van der Waals surface area contributed by atoms with Crippen molar-refractivity contribution >= 4 is 33.3 Å². The lowest BCUT2D eigenvalue weighted by molar-refractivity contribution is -0.132.